The van der Waals surface area contributed by atoms with Crippen molar-refractivity contribution >= 4 is 17.5 Å². The van der Waals surface area contributed by atoms with E-state index in [1.807, 2.05) is 0 Å². The van der Waals surface area contributed by atoms with Gasteiger partial charge in [-0.15, -0.1) is 0 Å². The van der Waals surface area contributed by atoms with Crippen LogP contribution in [0.1, 0.15) is 17.5 Å². The minimum Gasteiger partial charge on any atom is -0.493 e. The Kier molecular flexibility index (Phi) is 8.17. The van der Waals surface area contributed by atoms with E-state index in [2.05, 4.69) is 0 Å². The van der Waals surface area contributed by atoms with Gasteiger partial charge < -0.3 is 19.1 Å². The van der Waals surface area contributed by atoms with Crippen LogP contribution in [0.5, 0.6) is 5.75 Å². The molecule has 1 aliphatic heterocycles. The number of halogens is 4. The second kappa shape index (κ2) is 10.8. The van der Waals surface area contributed by atoms with Crippen molar-refractivity contribution in [3.63, 3.8) is 0 Å². The topological polar surface area (TPSA) is 48.0 Å². The SMILES string of the molecule is O=C(CCOc1ccc(Cl)cc1)N1CCO[C@@H](COCc2cccc(C(F)(F)F)c2)C1. The lowest BCUT2D eigenvalue weighted by molar-refractivity contribution is -0.142. The molecule has 0 aliphatic carbocycles. The fourth-order valence-corrected chi connectivity index (χ4v) is 3.26. The van der Waals surface area contributed by atoms with Crippen LogP contribution in [0, 0.1) is 0 Å². The smallest absolute Gasteiger partial charge is 0.416 e. The summed E-state index contributed by atoms with van der Waals surface area (Å²) in [4.78, 5) is 14.1. The Morgan fingerprint density at radius 1 is 1.19 bits per heavy atom. The van der Waals surface area contributed by atoms with Gasteiger partial charge in [-0.25, -0.2) is 0 Å². The van der Waals surface area contributed by atoms with E-state index in [9.17, 15) is 18.0 Å². The highest BCUT2D eigenvalue weighted by Crippen LogP contribution is 2.29. The summed E-state index contributed by atoms with van der Waals surface area (Å²) < 4.78 is 55.1. The van der Waals surface area contributed by atoms with Gasteiger partial charge in [0, 0.05) is 18.1 Å². The number of nitrogens with zero attached hydrogens (tertiary/aromatic N) is 1. The first-order valence-electron chi connectivity index (χ1n) is 9.83. The highest BCUT2D eigenvalue weighted by Gasteiger charge is 2.30. The number of amides is 1. The monoisotopic (exact) mass is 457 g/mol. The number of benzene rings is 2. The second-order valence-electron chi connectivity index (χ2n) is 7.10. The lowest BCUT2D eigenvalue weighted by Crippen LogP contribution is -2.47. The van der Waals surface area contributed by atoms with Crippen LogP contribution in [-0.4, -0.2) is 49.8 Å². The van der Waals surface area contributed by atoms with Crippen LogP contribution >= 0.6 is 11.6 Å². The highest BCUT2D eigenvalue weighted by molar-refractivity contribution is 6.30. The van der Waals surface area contributed by atoms with Crippen molar-refractivity contribution in [1.82, 2.24) is 4.90 Å². The molecule has 0 aromatic heterocycles. The van der Waals surface area contributed by atoms with Gasteiger partial charge in [0.05, 0.1) is 44.5 Å². The van der Waals surface area contributed by atoms with E-state index in [-0.39, 0.29) is 38.3 Å². The van der Waals surface area contributed by atoms with Gasteiger partial charge in [-0.2, -0.15) is 13.2 Å². The molecule has 1 amide bonds. The van der Waals surface area contributed by atoms with Crippen LogP contribution in [-0.2, 0) is 27.1 Å². The van der Waals surface area contributed by atoms with E-state index in [0.717, 1.165) is 12.1 Å². The van der Waals surface area contributed by atoms with Crippen molar-refractivity contribution in [1.29, 1.82) is 0 Å². The number of hydrogen-bond donors (Lipinski definition) is 0. The zero-order valence-electron chi connectivity index (χ0n) is 16.7. The summed E-state index contributed by atoms with van der Waals surface area (Å²) in [7, 11) is 0. The Balaban J connectivity index is 1.39. The Bertz CT molecular complexity index is 861. The first-order valence-corrected chi connectivity index (χ1v) is 10.2. The summed E-state index contributed by atoms with van der Waals surface area (Å²) in [6, 6.07) is 11.9. The standard InChI is InChI=1S/C22H23ClF3NO4/c23-18-4-6-19(7-5-18)30-10-8-21(28)27-9-11-31-20(13-27)15-29-14-16-2-1-3-17(12-16)22(24,25)26/h1-7,12,20H,8-11,13-15H2/t20-/m1/s1. The number of ether oxygens (including phenoxy) is 3. The molecule has 31 heavy (non-hydrogen) atoms. The molecule has 0 unspecified atom stereocenters. The Morgan fingerprint density at radius 2 is 1.97 bits per heavy atom. The lowest BCUT2D eigenvalue weighted by Gasteiger charge is -2.33. The number of rotatable bonds is 8. The molecule has 0 saturated carbocycles. The average molecular weight is 458 g/mol. The van der Waals surface area contributed by atoms with Gasteiger partial charge in [0.15, 0.2) is 0 Å². The van der Waals surface area contributed by atoms with Crippen LogP contribution in [0.2, 0.25) is 5.02 Å². The molecule has 0 N–H and O–H groups in total. The summed E-state index contributed by atoms with van der Waals surface area (Å²) >= 11 is 5.82. The molecule has 2 aromatic carbocycles. The molecule has 1 heterocycles. The molecule has 168 valence electrons. The van der Waals surface area contributed by atoms with Crippen LogP contribution in [0.3, 0.4) is 0 Å². The van der Waals surface area contributed by atoms with Crippen molar-refractivity contribution in [2.75, 3.05) is 32.9 Å². The lowest BCUT2D eigenvalue weighted by atomic mass is 10.1. The van der Waals surface area contributed by atoms with Crippen molar-refractivity contribution in [2.24, 2.45) is 0 Å². The van der Waals surface area contributed by atoms with E-state index in [1.54, 1.807) is 35.2 Å². The Morgan fingerprint density at radius 3 is 2.71 bits per heavy atom. The van der Waals surface area contributed by atoms with E-state index in [0.29, 0.717) is 36.0 Å². The minimum atomic E-state index is -4.39. The van der Waals surface area contributed by atoms with Gasteiger partial charge in [0.1, 0.15) is 5.75 Å². The van der Waals surface area contributed by atoms with E-state index in [4.69, 9.17) is 25.8 Å². The summed E-state index contributed by atoms with van der Waals surface area (Å²) in [6.45, 7) is 1.68. The third-order valence-corrected chi connectivity index (χ3v) is 4.97. The van der Waals surface area contributed by atoms with Gasteiger partial charge in [-0.3, -0.25) is 4.79 Å². The van der Waals surface area contributed by atoms with E-state index in [1.165, 1.54) is 6.07 Å². The normalized spacial score (nSPS) is 16.9. The predicted molar refractivity (Wildman–Crippen MR) is 109 cm³/mol. The molecular weight excluding hydrogens is 435 g/mol. The Labute approximate surface area is 183 Å². The Hall–Kier alpha value is -2.29. The molecule has 2 aromatic rings. The van der Waals surface area contributed by atoms with Gasteiger partial charge in [0.2, 0.25) is 5.91 Å². The van der Waals surface area contributed by atoms with Gasteiger partial charge in [-0.1, -0.05) is 23.7 Å². The maximum atomic E-state index is 12.8. The van der Waals surface area contributed by atoms with Gasteiger partial charge >= 0.3 is 6.18 Å². The fourth-order valence-electron chi connectivity index (χ4n) is 3.14. The summed E-state index contributed by atoms with van der Waals surface area (Å²) in [6.07, 6.45) is -4.50. The number of morpholine rings is 1. The molecular formula is C22H23ClF3NO4. The second-order valence-corrected chi connectivity index (χ2v) is 7.53. The predicted octanol–water partition coefficient (Wildman–Crippen LogP) is 4.57. The molecule has 0 bridgehead atoms. The third kappa shape index (κ3) is 7.41. The molecule has 1 aliphatic rings. The van der Waals surface area contributed by atoms with Crippen molar-refractivity contribution in [3.05, 3.63) is 64.7 Å². The van der Waals surface area contributed by atoms with Crippen LogP contribution in [0.4, 0.5) is 13.2 Å². The molecule has 0 radical (unpaired) electrons. The highest BCUT2D eigenvalue weighted by atomic mass is 35.5. The fraction of sp³-hybridized carbons (Fsp3) is 0.409. The molecule has 0 spiro atoms. The van der Waals surface area contributed by atoms with Crippen molar-refractivity contribution in [2.45, 2.75) is 25.3 Å². The largest absolute Gasteiger partial charge is 0.493 e. The third-order valence-electron chi connectivity index (χ3n) is 4.72. The zero-order chi connectivity index (χ0) is 22.3. The average Bonchev–Trinajstić information content (AvgIpc) is 2.75. The molecule has 1 saturated heterocycles. The number of hydrogen-bond acceptors (Lipinski definition) is 4. The van der Waals surface area contributed by atoms with Crippen LogP contribution < -0.4 is 4.74 Å². The van der Waals surface area contributed by atoms with E-state index < -0.39 is 11.7 Å². The zero-order valence-corrected chi connectivity index (χ0v) is 17.5. The summed E-state index contributed by atoms with van der Waals surface area (Å²) in [5, 5.41) is 0.609. The van der Waals surface area contributed by atoms with Gasteiger partial charge in [-0.05, 0) is 42.0 Å². The molecule has 1 atom stereocenters. The van der Waals surface area contributed by atoms with Crippen molar-refractivity contribution in [3.8, 4) is 5.75 Å². The summed E-state index contributed by atoms with van der Waals surface area (Å²) in [5.74, 6) is 0.584. The maximum Gasteiger partial charge on any atom is 0.416 e. The molecule has 3 rings (SSSR count). The minimum absolute atomic E-state index is 0.0344. The molecule has 1 fully saturated rings. The quantitative estimate of drug-likeness (QED) is 0.582. The number of carbonyl (C=O) groups is 1. The first-order chi connectivity index (χ1) is 14.8. The van der Waals surface area contributed by atoms with Crippen LogP contribution in [0.15, 0.2) is 48.5 Å². The number of carbonyl (C=O) groups excluding carboxylic acids is 1. The van der Waals surface area contributed by atoms with E-state index >= 15 is 0 Å². The first kappa shape index (κ1) is 23.4. The maximum absolute atomic E-state index is 12.8. The van der Waals surface area contributed by atoms with Gasteiger partial charge in [0.25, 0.3) is 0 Å². The summed E-state index contributed by atoms with van der Waals surface area (Å²) in [5.41, 5.74) is -0.280. The number of alkyl halides is 3. The van der Waals surface area contributed by atoms with Crippen LogP contribution in [0.25, 0.3) is 0 Å². The molecule has 5 nitrogen and oxygen atoms in total. The van der Waals surface area contributed by atoms with Crippen molar-refractivity contribution < 1.29 is 32.2 Å². The molecule has 9 heteroatoms.